The fraction of sp³-hybridized carbons (Fsp3) is 0.500. The number of thioether (sulfide) groups is 1. The normalized spacial score (nSPS) is 11.1. The van der Waals surface area contributed by atoms with Crippen molar-refractivity contribution in [2.24, 2.45) is 0 Å². The third-order valence-corrected chi connectivity index (χ3v) is 7.13. The molecule has 0 N–H and O–H groups in total. The summed E-state index contributed by atoms with van der Waals surface area (Å²) in [5, 5.41) is 0.693. The number of unbranched alkanes of at least 4 members (excludes halogenated alkanes) is 8. The van der Waals surface area contributed by atoms with Crippen LogP contribution in [0, 0.1) is 5.82 Å². The first-order valence-corrected chi connectivity index (χ1v) is 13.9. The van der Waals surface area contributed by atoms with Crippen molar-refractivity contribution in [2.45, 2.75) is 88.6 Å². The lowest BCUT2D eigenvalue weighted by atomic mass is 10.1. The summed E-state index contributed by atoms with van der Waals surface area (Å²) in [4.78, 5) is 25.5. The highest BCUT2D eigenvalue weighted by atomic mass is 32.2. The number of halogens is 1. The quantitative estimate of drug-likeness (QED) is 0.122. The fourth-order valence-corrected chi connectivity index (χ4v) is 4.94. The maximum Gasteiger partial charge on any atom is 0.316 e. The summed E-state index contributed by atoms with van der Waals surface area (Å²) in [6.45, 7) is 3.05. The topological polar surface area (TPSA) is 69.9 Å². The molecule has 36 heavy (non-hydrogen) atoms. The van der Waals surface area contributed by atoms with Gasteiger partial charge in [0.25, 0.3) is 5.56 Å². The maximum atomic E-state index is 13.3. The van der Waals surface area contributed by atoms with Gasteiger partial charge in [-0.05, 0) is 29.7 Å². The average Bonchev–Trinajstić information content (AvgIpc) is 2.89. The molecule has 0 unspecified atom stereocenters. The number of aryl methyl sites for hydroxylation is 1. The number of benzene rings is 1. The van der Waals surface area contributed by atoms with Gasteiger partial charge in [-0.15, -0.1) is 0 Å². The van der Waals surface area contributed by atoms with Crippen molar-refractivity contribution in [3.8, 4) is 6.01 Å². The molecule has 1 aromatic carbocycles. The second-order valence-corrected chi connectivity index (χ2v) is 9.99. The summed E-state index contributed by atoms with van der Waals surface area (Å²) in [6.07, 6.45) is 17.0. The van der Waals surface area contributed by atoms with Crippen LogP contribution >= 0.6 is 11.8 Å². The molecule has 3 rings (SSSR count). The number of hydrogen-bond acceptors (Lipinski definition) is 6. The highest BCUT2D eigenvalue weighted by molar-refractivity contribution is 7.98. The van der Waals surface area contributed by atoms with Crippen LogP contribution in [0.5, 0.6) is 6.01 Å². The lowest BCUT2D eigenvalue weighted by molar-refractivity contribution is 0.379. The van der Waals surface area contributed by atoms with Crippen molar-refractivity contribution in [2.75, 3.05) is 7.11 Å². The van der Waals surface area contributed by atoms with Crippen molar-refractivity contribution in [1.82, 2.24) is 19.5 Å². The smallest absolute Gasteiger partial charge is 0.316 e. The number of hydrogen-bond donors (Lipinski definition) is 0. The van der Waals surface area contributed by atoms with E-state index in [9.17, 15) is 9.18 Å². The molecule has 0 spiro atoms. The first-order valence-electron chi connectivity index (χ1n) is 12.9. The minimum absolute atomic E-state index is 0.240. The van der Waals surface area contributed by atoms with Gasteiger partial charge in [0.1, 0.15) is 5.82 Å². The molecule has 6 nitrogen and oxygen atoms in total. The van der Waals surface area contributed by atoms with Gasteiger partial charge in [-0.3, -0.25) is 4.79 Å². The Morgan fingerprint density at radius 3 is 2.19 bits per heavy atom. The Kier molecular flexibility index (Phi) is 11.9. The summed E-state index contributed by atoms with van der Waals surface area (Å²) in [6, 6.07) is 6.75. The molecule has 0 amide bonds. The molecule has 0 fully saturated rings. The first kappa shape index (κ1) is 27.8. The van der Waals surface area contributed by atoms with Gasteiger partial charge >= 0.3 is 6.01 Å². The molecule has 0 atom stereocenters. The van der Waals surface area contributed by atoms with E-state index in [1.54, 1.807) is 24.5 Å². The summed E-state index contributed by atoms with van der Waals surface area (Å²) in [5.41, 5.74) is 2.20. The third kappa shape index (κ3) is 9.37. The second-order valence-electron chi connectivity index (χ2n) is 9.05. The molecule has 0 aliphatic rings. The Labute approximate surface area is 217 Å². The van der Waals surface area contributed by atoms with E-state index in [2.05, 4.69) is 26.4 Å². The molecular weight excluding hydrogens is 475 g/mol. The van der Waals surface area contributed by atoms with Gasteiger partial charge in [0.2, 0.25) is 0 Å². The second kappa shape index (κ2) is 15.4. The number of rotatable bonds is 16. The van der Waals surface area contributed by atoms with Crippen LogP contribution < -0.4 is 10.3 Å². The maximum absolute atomic E-state index is 13.3. The number of methoxy groups -OCH3 is 1. The Balaban J connectivity index is 1.65. The summed E-state index contributed by atoms with van der Waals surface area (Å²) in [7, 11) is 1.52. The van der Waals surface area contributed by atoms with E-state index in [4.69, 9.17) is 4.74 Å². The predicted molar refractivity (Wildman–Crippen MR) is 143 cm³/mol. The van der Waals surface area contributed by atoms with Crippen molar-refractivity contribution in [3.05, 3.63) is 75.7 Å². The first-order chi connectivity index (χ1) is 17.6. The SMILES string of the molecule is CCCCCCCCCCCn1cc(Cc2cnc(OC)nc2)c(=O)nc1SCc1ccc(F)cc1. The van der Waals surface area contributed by atoms with E-state index in [0.29, 0.717) is 28.9 Å². The Bertz CT molecular complexity index is 1100. The molecular formula is C28H37FN4O2S. The van der Waals surface area contributed by atoms with Crippen molar-refractivity contribution < 1.29 is 9.13 Å². The van der Waals surface area contributed by atoms with Crippen LogP contribution in [0.3, 0.4) is 0 Å². The van der Waals surface area contributed by atoms with Gasteiger partial charge in [-0.25, -0.2) is 14.4 Å². The van der Waals surface area contributed by atoms with Crippen LogP contribution in [-0.2, 0) is 18.7 Å². The van der Waals surface area contributed by atoms with Gasteiger partial charge in [0.05, 0.1) is 7.11 Å². The molecule has 0 radical (unpaired) electrons. The molecule has 2 heterocycles. The molecule has 0 bridgehead atoms. The average molecular weight is 513 g/mol. The predicted octanol–water partition coefficient (Wildman–Crippen LogP) is 6.59. The number of nitrogens with zero attached hydrogens (tertiary/aromatic N) is 4. The highest BCUT2D eigenvalue weighted by Gasteiger charge is 2.11. The van der Waals surface area contributed by atoms with E-state index in [0.717, 1.165) is 30.5 Å². The minimum atomic E-state index is -0.254. The van der Waals surface area contributed by atoms with Crippen LogP contribution in [0.15, 0.2) is 52.8 Å². The summed E-state index contributed by atoms with van der Waals surface area (Å²) in [5.74, 6) is 0.367. The molecule has 8 heteroatoms. The van der Waals surface area contributed by atoms with Crippen molar-refractivity contribution >= 4 is 11.8 Å². The lowest BCUT2D eigenvalue weighted by Gasteiger charge is -2.14. The zero-order chi connectivity index (χ0) is 25.6. The Morgan fingerprint density at radius 1 is 0.917 bits per heavy atom. The summed E-state index contributed by atoms with van der Waals surface area (Å²) < 4.78 is 20.4. The molecule has 0 aliphatic heterocycles. The highest BCUT2D eigenvalue weighted by Crippen LogP contribution is 2.22. The van der Waals surface area contributed by atoms with Gasteiger partial charge in [0, 0.05) is 42.9 Å². The fourth-order valence-electron chi connectivity index (χ4n) is 4.00. The Hall–Kier alpha value is -2.74. The van der Waals surface area contributed by atoms with Gasteiger partial charge in [-0.2, -0.15) is 4.98 Å². The largest absolute Gasteiger partial charge is 0.467 e. The zero-order valence-corrected chi connectivity index (χ0v) is 22.2. The van der Waals surface area contributed by atoms with E-state index >= 15 is 0 Å². The molecule has 0 aliphatic carbocycles. The van der Waals surface area contributed by atoms with Crippen molar-refractivity contribution in [3.63, 3.8) is 0 Å². The van der Waals surface area contributed by atoms with Crippen LogP contribution in [-0.4, -0.2) is 26.6 Å². The van der Waals surface area contributed by atoms with E-state index in [1.807, 2.05) is 6.20 Å². The van der Waals surface area contributed by atoms with Crippen LogP contribution in [0.25, 0.3) is 0 Å². The monoisotopic (exact) mass is 512 g/mol. The third-order valence-electron chi connectivity index (χ3n) is 6.07. The van der Waals surface area contributed by atoms with Crippen LogP contribution in [0.1, 0.15) is 81.4 Å². The van der Waals surface area contributed by atoms with Crippen molar-refractivity contribution in [1.29, 1.82) is 0 Å². The minimum Gasteiger partial charge on any atom is -0.467 e. The Morgan fingerprint density at radius 2 is 1.56 bits per heavy atom. The molecule has 194 valence electrons. The van der Waals surface area contributed by atoms with E-state index in [1.165, 1.54) is 76.0 Å². The van der Waals surface area contributed by atoms with Gasteiger partial charge in [0.15, 0.2) is 5.16 Å². The lowest BCUT2D eigenvalue weighted by Crippen LogP contribution is -2.20. The number of aromatic nitrogens is 4. The van der Waals surface area contributed by atoms with E-state index in [-0.39, 0.29) is 11.4 Å². The van der Waals surface area contributed by atoms with Crippen LogP contribution in [0.4, 0.5) is 4.39 Å². The van der Waals surface area contributed by atoms with Gasteiger partial charge in [-0.1, -0.05) is 82.2 Å². The molecule has 0 saturated carbocycles. The number of ether oxygens (including phenoxy) is 1. The molecule has 3 aromatic rings. The van der Waals surface area contributed by atoms with E-state index < -0.39 is 0 Å². The molecule has 2 aromatic heterocycles. The summed E-state index contributed by atoms with van der Waals surface area (Å²) >= 11 is 1.51. The van der Waals surface area contributed by atoms with Crippen LogP contribution in [0.2, 0.25) is 0 Å². The van der Waals surface area contributed by atoms with Gasteiger partial charge < -0.3 is 9.30 Å². The molecule has 0 saturated heterocycles. The zero-order valence-electron chi connectivity index (χ0n) is 21.4. The standard InChI is InChI=1S/C28H37FN4O2S/c1-3-4-5-6-7-8-9-10-11-16-33-20-24(17-23-18-30-27(35-2)31-19-23)26(34)32-28(33)36-21-22-12-14-25(29)15-13-22/h12-15,18-20H,3-11,16-17,21H2,1-2H3.